The average molecular weight is 321 g/mol. The van der Waals surface area contributed by atoms with Crippen LogP contribution in [0, 0.1) is 0 Å². The largest absolute Gasteiger partial charge is 0.363 e. The van der Waals surface area contributed by atoms with Crippen LogP contribution in [0.2, 0.25) is 5.02 Å². The highest BCUT2D eigenvalue weighted by Crippen LogP contribution is 2.44. The summed E-state index contributed by atoms with van der Waals surface area (Å²) in [5, 5.41) is 1.32. The summed E-state index contributed by atoms with van der Waals surface area (Å²) in [6.45, 7) is 2.17. The van der Waals surface area contributed by atoms with Gasteiger partial charge in [-0.25, -0.2) is 0 Å². The molecule has 2 nitrogen and oxygen atoms in total. The Kier molecular flexibility index (Phi) is 4.63. The van der Waals surface area contributed by atoms with E-state index in [0.717, 1.165) is 24.5 Å². The van der Waals surface area contributed by atoms with Crippen molar-refractivity contribution in [3.8, 4) is 0 Å². The van der Waals surface area contributed by atoms with Crippen molar-refractivity contribution in [2.24, 2.45) is 0 Å². The van der Waals surface area contributed by atoms with E-state index in [9.17, 15) is 0 Å². The highest BCUT2D eigenvalue weighted by atomic mass is 35.5. The fourth-order valence-corrected chi connectivity index (χ4v) is 4.36. The third-order valence-corrected chi connectivity index (χ3v) is 5.46. The number of benzene rings is 1. The Hall–Kier alpha value is -0.900. The van der Waals surface area contributed by atoms with E-state index in [-0.39, 0.29) is 0 Å². The van der Waals surface area contributed by atoms with Gasteiger partial charge in [-0.05, 0) is 45.3 Å². The van der Waals surface area contributed by atoms with Crippen molar-refractivity contribution in [2.45, 2.75) is 22.6 Å². The zero-order valence-corrected chi connectivity index (χ0v) is 14.1. The van der Waals surface area contributed by atoms with Crippen molar-refractivity contribution in [1.29, 1.82) is 0 Å². The second-order valence-electron chi connectivity index (χ2n) is 5.81. The monoisotopic (exact) mass is 320 g/mol. The first-order valence-electron chi connectivity index (χ1n) is 7.38. The number of hydrogen-bond acceptors (Lipinski definition) is 3. The SMILES string of the molecule is CN(C)CCCN1c2cc(Cl)ccc2S[C@@H]2C=CC=C[C@@H]21. The van der Waals surface area contributed by atoms with Gasteiger partial charge >= 0.3 is 0 Å². The third-order valence-electron chi connectivity index (χ3n) is 3.91. The van der Waals surface area contributed by atoms with Crippen LogP contribution >= 0.6 is 23.4 Å². The molecule has 2 atom stereocenters. The molecule has 0 amide bonds. The molecule has 0 saturated carbocycles. The third kappa shape index (κ3) is 3.31. The molecule has 0 radical (unpaired) electrons. The van der Waals surface area contributed by atoms with Crippen molar-refractivity contribution >= 4 is 29.1 Å². The first-order chi connectivity index (χ1) is 10.1. The smallest absolute Gasteiger partial charge is 0.0634 e. The molecule has 0 unspecified atom stereocenters. The van der Waals surface area contributed by atoms with Gasteiger partial charge in [0.1, 0.15) is 0 Å². The second-order valence-corrected chi connectivity index (χ2v) is 7.46. The first-order valence-corrected chi connectivity index (χ1v) is 8.63. The lowest BCUT2D eigenvalue weighted by atomic mass is 10.0. The Balaban J connectivity index is 1.88. The minimum Gasteiger partial charge on any atom is -0.363 e. The first kappa shape index (κ1) is 15.0. The van der Waals surface area contributed by atoms with E-state index >= 15 is 0 Å². The number of hydrogen-bond donors (Lipinski definition) is 0. The number of halogens is 1. The predicted molar refractivity (Wildman–Crippen MR) is 93.7 cm³/mol. The highest BCUT2D eigenvalue weighted by molar-refractivity contribution is 8.00. The average Bonchev–Trinajstić information content (AvgIpc) is 2.46. The van der Waals surface area contributed by atoms with E-state index < -0.39 is 0 Å². The van der Waals surface area contributed by atoms with Gasteiger partial charge in [-0.15, -0.1) is 11.8 Å². The zero-order chi connectivity index (χ0) is 14.8. The van der Waals surface area contributed by atoms with Gasteiger partial charge in [0.2, 0.25) is 0 Å². The standard InChI is InChI=1S/C17H21ClN2S/c1-19(2)10-5-11-20-14-6-3-4-7-16(14)21-17-9-8-13(18)12-15(17)20/h3-4,6-9,12,14,16H,5,10-11H2,1-2H3/t14-,16+/m0/s1. The lowest BCUT2D eigenvalue weighted by Crippen LogP contribution is -2.45. The number of fused-ring (bicyclic) bond motifs is 2. The summed E-state index contributed by atoms with van der Waals surface area (Å²) in [7, 11) is 4.26. The van der Waals surface area contributed by atoms with E-state index in [2.05, 4.69) is 60.3 Å². The van der Waals surface area contributed by atoms with Crippen molar-refractivity contribution in [2.75, 3.05) is 32.1 Å². The minimum atomic E-state index is 0.438. The molecular formula is C17H21ClN2S. The Morgan fingerprint density at radius 3 is 2.86 bits per heavy atom. The molecule has 0 spiro atoms. The minimum absolute atomic E-state index is 0.438. The molecule has 1 heterocycles. The van der Waals surface area contributed by atoms with Gasteiger partial charge in [0.15, 0.2) is 0 Å². The summed E-state index contributed by atoms with van der Waals surface area (Å²) in [5.41, 5.74) is 1.28. The summed E-state index contributed by atoms with van der Waals surface area (Å²) in [6, 6.07) is 6.70. The van der Waals surface area contributed by atoms with Crippen LogP contribution < -0.4 is 4.90 Å². The van der Waals surface area contributed by atoms with Crippen LogP contribution in [-0.2, 0) is 0 Å². The fourth-order valence-electron chi connectivity index (χ4n) is 2.91. The van der Waals surface area contributed by atoms with Crippen LogP contribution in [0.5, 0.6) is 0 Å². The van der Waals surface area contributed by atoms with Gasteiger partial charge in [-0.2, -0.15) is 0 Å². The molecule has 0 bridgehead atoms. The Bertz CT molecular complexity index is 568. The van der Waals surface area contributed by atoms with Crippen LogP contribution in [0.15, 0.2) is 47.4 Å². The van der Waals surface area contributed by atoms with Crippen LogP contribution in [0.4, 0.5) is 5.69 Å². The van der Waals surface area contributed by atoms with Crippen LogP contribution in [0.3, 0.4) is 0 Å². The fraction of sp³-hybridized carbons (Fsp3) is 0.412. The van der Waals surface area contributed by atoms with Gasteiger partial charge < -0.3 is 9.80 Å². The Morgan fingerprint density at radius 1 is 1.24 bits per heavy atom. The Labute approximate surface area is 136 Å². The summed E-state index contributed by atoms with van der Waals surface area (Å²) in [4.78, 5) is 6.10. The van der Waals surface area contributed by atoms with Crippen molar-refractivity contribution in [3.63, 3.8) is 0 Å². The van der Waals surface area contributed by atoms with Gasteiger partial charge in [0.05, 0.1) is 17.0 Å². The number of anilines is 1. The lowest BCUT2D eigenvalue weighted by Gasteiger charge is -2.42. The lowest BCUT2D eigenvalue weighted by molar-refractivity contribution is 0.398. The molecule has 1 aliphatic heterocycles. The summed E-state index contributed by atoms with van der Waals surface area (Å²) in [6.07, 6.45) is 10.1. The van der Waals surface area contributed by atoms with Gasteiger partial charge in [-0.3, -0.25) is 0 Å². The molecule has 0 fully saturated rings. The summed E-state index contributed by atoms with van der Waals surface area (Å²) in [5.74, 6) is 0. The van der Waals surface area contributed by atoms with Gasteiger partial charge in [0, 0.05) is 16.5 Å². The van der Waals surface area contributed by atoms with Crippen LogP contribution in [-0.4, -0.2) is 43.4 Å². The normalized spacial score (nSPS) is 23.3. The summed E-state index contributed by atoms with van der Waals surface area (Å²) >= 11 is 8.17. The molecule has 3 rings (SSSR count). The summed E-state index contributed by atoms with van der Waals surface area (Å²) < 4.78 is 0. The second kappa shape index (κ2) is 6.47. The quantitative estimate of drug-likeness (QED) is 0.826. The molecule has 1 aromatic rings. The predicted octanol–water partition coefficient (Wildman–Crippen LogP) is 4.07. The molecule has 1 aromatic carbocycles. The number of allylic oxidation sites excluding steroid dienone is 2. The molecule has 21 heavy (non-hydrogen) atoms. The van der Waals surface area contributed by atoms with Crippen LogP contribution in [0.1, 0.15) is 6.42 Å². The van der Waals surface area contributed by atoms with Gasteiger partial charge in [-0.1, -0.05) is 35.9 Å². The zero-order valence-electron chi connectivity index (χ0n) is 12.5. The van der Waals surface area contributed by atoms with E-state index in [1.807, 2.05) is 17.8 Å². The molecule has 2 aliphatic rings. The molecule has 112 valence electrons. The maximum atomic E-state index is 6.23. The van der Waals surface area contributed by atoms with Crippen molar-refractivity contribution < 1.29 is 0 Å². The van der Waals surface area contributed by atoms with E-state index in [1.54, 1.807) is 0 Å². The van der Waals surface area contributed by atoms with Crippen molar-refractivity contribution in [3.05, 3.63) is 47.5 Å². The number of rotatable bonds is 4. The number of thioether (sulfide) groups is 1. The van der Waals surface area contributed by atoms with Crippen LogP contribution in [0.25, 0.3) is 0 Å². The highest BCUT2D eigenvalue weighted by Gasteiger charge is 2.32. The van der Waals surface area contributed by atoms with E-state index in [1.165, 1.54) is 10.6 Å². The van der Waals surface area contributed by atoms with Crippen molar-refractivity contribution in [1.82, 2.24) is 4.90 Å². The topological polar surface area (TPSA) is 6.48 Å². The Morgan fingerprint density at radius 2 is 2.05 bits per heavy atom. The number of nitrogens with zero attached hydrogens (tertiary/aromatic N) is 2. The van der Waals surface area contributed by atoms with E-state index in [0.29, 0.717) is 11.3 Å². The molecular weight excluding hydrogens is 300 g/mol. The molecule has 1 aliphatic carbocycles. The molecule has 0 saturated heterocycles. The maximum Gasteiger partial charge on any atom is 0.0634 e. The molecule has 0 aromatic heterocycles. The van der Waals surface area contributed by atoms with E-state index in [4.69, 9.17) is 11.6 Å². The molecule has 4 heteroatoms. The van der Waals surface area contributed by atoms with Gasteiger partial charge in [0.25, 0.3) is 0 Å². The maximum absolute atomic E-state index is 6.23. The molecule has 0 N–H and O–H groups in total.